The summed E-state index contributed by atoms with van der Waals surface area (Å²) >= 11 is 0. The van der Waals surface area contributed by atoms with E-state index in [1.165, 1.54) is 0 Å². The van der Waals surface area contributed by atoms with Crippen molar-refractivity contribution in [1.82, 2.24) is 5.16 Å². The molecule has 2 heterocycles. The molecule has 5 nitrogen and oxygen atoms in total. The summed E-state index contributed by atoms with van der Waals surface area (Å²) in [5.41, 5.74) is 0.862. The van der Waals surface area contributed by atoms with Crippen molar-refractivity contribution in [2.24, 2.45) is 0 Å². The Kier molecular flexibility index (Phi) is 2.64. The Hall–Kier alpha value is -2.56. The number of nitrogens with zero attached hydrogens (tertiary/aromatic N) is 1. The van der Waals surface area contributed by atoms with Crippen LogP contribution in [0.15, 0.2) is 45.3 Å². The van der Waals surface area contributed by atoms with Crippen LogP contribution >= 0.6 is 0 Å². The van der Waals surface area contributed by atoms with Gasteiger partial charge < -0.3 is 14.0 Å². The highest BCUT2D eigenvalue weighted by Gasteiger charge is 2.36. The molecule has 1 aromatic carbocycles. The Labute approximate surface area is 114 Å². The standard InChI is InChI=1S/C15H13NO4/c1-15(2,14(17)18)13-12-11(20-16-13)8-10(19-12)9-6-4-3-5-7-9/h3-8H,1-2H3,(H,17,18). The second-order valence-electron chi connectivity index (χ2n) is 5.13. The largest absolute Gasteiger partial charge is 0.481 e. The molecular formula is C15H13NO4. The minimum atomic E-state index is -1.17. The van der Waals surface area contributed by atoms with E-state index in [4.69, 9.17) is 8.94 Å². The Morgan fingerprint density at radius 3 is 2.60 bits per heavy atom. The number of carboxylic acids is 1. The average molecular weight is 271 g/mol. The number of fused-ring (bicyclic) bond motifs is 1. The molecule has 0 saturated carbocycles. The van der Waals surface area contributed by atoms with Gasteiger partial charge in [-0.3, -0.25) is 4.79 Å². The van der Waals surface area contributed by atoms with E-state index in [9.17, 15) is 9.90 Å². The van der Waals surface area contributed by atoms with Crippen molar-refractivity contribution >= 4 is 17.1 Å². The highest BCUT2D eigenvalue weighted by molar-refractivity contribution is 5.87. The number of hydrogen-bond donors (Lipinski definition) is 1. The molecule has 0 unspecified atom stereocenters. The van der Waals surface area contributed by atoms with E-state index in [1.54, 1.807) is 19.9 Å². The van der Waals surface area contributed by atoms with Gasteiger partial charge in [0.15, 0.2) is 5.58 Å². The zero-order chi connectivity index (χ0) is 14.3. The summed E-state index contributed by atoms with van der Waals surface area (Å²) in [5.74, 6) is -0.352. The zero-order valence-electron chi connectivity index (χ0n) is 11.1. The molecule has 2 aromatic heterocycles. The molecular weight excluding hydrogens is 258 g/mol. The summed E-state index contributed by atoms with van der Waals surface area (Å²) in [6, 6.07) is 11.3. The molecule has 5 heteroatoms. The van der Waals surface area contributed by atoms with Crippen LogP contribution in [0.4, 0.5) is 0 Å². The molecule has 0 atom stereocenters. The van der Waals surface area contributed by atoms with Crippen LogP contribution in [0.5, 0.6) is 0 Å². The molecule has 0 aliphatic rings. The zero-order valence-corrected chi connectivity index (χ0v) is 11.1. The van der Waals surface area contributed by atoms with E-state index in [1.807, 2.05) is 30.3 Å². The molecule has 0 saturated heterocycles. The predicted molar refractivity (Wildman–Crippen MR) is 72.4 cm³/mol. The maximum Gasteiger partial charge on any atom is 0.315 e. The second kappa shape index (κ2) is 4.23. The van der Waals surface area contributed by atoms with Crippen molar-refractivity contribution in [2.75, 3.05) is 0 Å². The molecule has 0 fully saturated rings. The molecule has 0 aliphatic carbocycles. The van der Waals surface area contributed by atoms with Crippen LogP contribution in [0.2, 0.25) is 0 Å². The molecule has 0 spiro atoms. The molecule has 3 rings (SSSR count). The van der Waals surface area contributed by atoms with Crippen LogP contribution in [0.25, 0.3) is 22.5 Å². The van der Waals surface area contributed by atoms with Crippen molar-refractivity contribution in [3.8, 4) is 11.3 Å². The first-order valence-electron chi connectivity index (χ1n) is 6.18. The van der Waals surface area contributed by atoms with Gasteiger partial charge in [0, 0.05) is 11.6 Å². The van der Waals surface area contributed by atoms with Crippen LogP contribution in [0.3, 0.4) is 0 Å². The SMILES string of the molecule is CC(C)(C(=O)O)c1noc2cc(-c3ccccc3)oc12. The monoisotopic (exact) mass is 271 g/mol. The summed E-state index contributed by atoms with van der Waals surface area (Å²) in [5, 5.41) is 13.1. The molecule has 102 valence electrons. The van der Waals surface area contributed by atoms with E-state index in [-0.39, 0.29) is 0 Å². The molecule has 20 heavy (non-hydrogen) atoms. The lowest BCUT2D eigenvalue weighted by Crippen LogP contribution is -2.29. The van der Waals surface area contributed by atoms with Crippen molar-refractivity contribution in [3.63, 3.8) is 0 Å². The fourth-order valence-corrected chi connectivity index (χ4v) is 1.99. The minimum Gasteiger partial charge on any atom is -0.481 e. The second-order valence-corrected chi connectivity index (χ2v) is 5.13. The molecule has 1 N–H and O–H groups in total. The highest BCUT2D eigenvalue weighted by atomic mass is 16.5. The van der Waals surface area contributed by atoms with Crippen molar-refractivity contribution in [2.45, 2.75) is 19.3 Å². The lowest BCUT2D eigenvalue weighted by atomic mass is 9.89. The number of hydrogen-bond acceptors (Lipinski definition) is 4. The number of aliphatic carboxylic acids is 1. The first-order valence-corrected chi connectivity index (χ1v) is 6.18. The Bertz CT molecular complexity index is 768. The van der Waals surface area contributed by atoms with Crippen molar-refractivity contribution in [3.05, 3.63) is 42.1 Å². The Morgan fingerprint density at radius 2 is 1.95 bits per heavy atom. The highest BCUT2D eigenvalue weighted by Crippen LogP contribution is 2.35. The fraction of sp³-hybridized carbons (Fsp3) is 0.200. The topological polar surface area (TPSA) is 76.5 Å². The lowest BCUT2D eigenvalue weighted by Gasteiger charge is -2.14. The summed E-state index contributed by atoms with van der Waals surface area (Å²) in [4.78, 5) is 11.3. The van der Waals surface area contributed by atoms with Gasteiger partial charge in [0.1, 0.15) is 16.9 Å². The summed E-state index contributed by atoms with van der Waals surface area (Å²) in [6.45, 7) is 3.13. The maximum absolute atomic E-state index is 11.3. The summed E-state index contributed by atoms with van der Waals surface area (Å²) < 4.78 is 10.9. The van der Waals surface area contributed by atoms with Crippen molar-refractivity contribution < 1.29 is 18.8 Å². The first-order chi connectivity index (χ1) is 9.50. The van der Waals surface area contributed by atoms with Crippen LogP contribution in [0.1, 0.15) is 19.5 Å². The van der Waals surface area contributed by atoms with Gasteiger partial charge in [-0.15, -0.1) is 0 Å². The third kappa shape index (κ3) is 1.79. The van der Waals surface area contributed by atoms with Crippen LogP contribution < -0.4 is 0 Å². The van der Waals surface area contributed by atoms with E-state index in [0.29, 0.717) is 22.6 Å². The van der Waals surface area contributed by atoms with Gasteiger partial charge in [-0.2, -0.15) is 0 Å². The van der Waals surface area contributed by atoms with Crippen molar-refractivity contribution in [1.29, 1.82) is 0 Å². The molecule has 0 amide bonds. The average Bonchev–Trinajstić information content (AvgIpc) is 2.98. The number of furan rings is 1. The van der Waals surface area contributed by atoms with Gasteiger partial charge >= 0.3 is 5.97 Å². The number of rotatable bonds is 3. The smallest absolute Gasteiger partial charge is 0.315 e. The van der Waals surface area contributed by atoms with E-state index in [0.717, 1.165) is 5.56 Å². The molecule has 3 aromatic rings. The van der Waals surface area contributed by atoms with Gasteiger partial charge in [-0.1, -0.05) is 35.5 Å². The van der Waals surface area contributed by atoms with Gasteiger partial charge in [-0.05, 0) is 13.8 Å². The van der Waals surface area contributed by atoms with Gasteiger partial charge in [0.05, 0.1) is 0 Å². The Morgan fingerprint density at radius 1 is 1.25 bits per heavy atom. The third-order valence-electron chi connectivity index (χ3n) is 3.33. The maximum atomic E-state index is 11.3. The molecule has 0 radical (unpaired) electrons. The van der Waals surface area contributed by atoms with E-state index >= 15 is 0 Å². The summed E-state index contributed by atoms with van der Waals surface area (Å²) in [6.07, 6.45) is 0. The van der Waals surface area contributed by atoms with Gasteiger partial charge in [0.25, 0.3) is 0 Å². The lowest BCUT2D eigenvalue weighted by molar-refractivity contribution is -0.142. The Balaban J connectivity index is 2.15. The number of carboxylic acid groups (broad SMARTS) is 1. The summed E-state index contributed by atoms with van der Waals surface area (Å²) in [7, 11) is 0. The van der Waals surface area contributed by atoms with Gasteiger partial charge in [0.2, 0.25) is 5.58 Å². The third-order valence-corrected chi connectivity index (χ3v) is 3.33. The predicted octanol–water partition coefficient (Wildman–Crippen LogP) is 3.45. The number of benzene rings is 1. The normalized spacial score (nSPS) is 11.9. The number of carbonyl (C=O) groups is 1. The molecule has 0 aliphatic heterocycles. The van der Waals surface area contributed by atoms with Crippen LogP contribution in [0, 0.1) is 0 Å². The van der Waals surface area contributed by atoms with Gasteiger partial charge in [-0.25, -0.2) is 0 Å². The fourth-order valence-electron chi connectivity index (χ4n) is 1.99. The van der Waals surface area contributed by atoms with Crippen LogP contribution in [-0.2, 0) is 10.2 Å². The van der Waals surface area contributed by atoms with Crippen LogP contribution in [-0.4, -0.2) is 16.2 Å². The number of aromatic nitrogens is 1. The van der Waals surface area contributed by atoms with E-state index < -0.39 is 11.4 Å². The quantitative estimate of drug-likeness (QED) is 0.789. The molecule has 0 bridgehead atoms. The van der Waals surface area contributed by atoms with E-state index in [2.05, 4.69) is 5.16 Å². The first kappa shape index (κ1) is 12.5. The minimum absolute atomic E-state index is 0.294.